The summed E-state index contributed by atoms with van der Waals surface area (Å²) in [5.41, 5.74) is 1.79. The van der Waals surface area contributed by atoms with Gasteiger partial charge in [-0.15, -0.1) is 10.2 Å². The number of benzene rings is 1. The maximum absolute atomic E-state index is 12.5. The van der Waals surface area contributed by atoms with Crippen LogP contribution in [0, 0.1) is 0 Å². The van der Waals surface area contributed by atoms with Crippen LogP contribution in [0.15, 0.2) is 36.4 Å². The Morgan fingerprint density at radius 3 is 2.76 bits per heavy atom. The summed E-state index contributed by atoms with van der Waals surface area (Å²) in [6.45, 7) is 7.76. The van der Waals surface area contributed by atoms with Crippen LogP contribution < -0.4 is 15.0 Å². The molecule has 1 aromatic heterocycles. The van der Waals surface area contributed by atoms with Gasteiger partial charge in [-0.25, -0.2) is 0 Å². The third-order valence-corrected chi connectivity index (χ3v) is 5.40. The van der Waals surface area contributed by atoms with Gasteiger partial charge in [0.15, 0.2) is 5.82 Å². The maximum Gasteiger partial charge on any atom is 0.236 e. The van der Waals surface area contributed by atoms with E-state index in [2.05, 4.69) is 34.3 Å². The minimum absolute atomic E-state index is 0.173. The van der Waals surface area contributed by atoms with Crippen molar-refractivity contribution >= 4 is 11.7 Å². The van der Waals surface area contributed by atoms with Gasteiger partial charge in [0, 0.05) is 37.8 Å². The van der Waals surface area contributed by atoms with Crippen molar-refractivity contribution in [2.75, 3.05) is 44.7 Å². The van der Waals surface area contributed by atoms with Crippen molar-refractivity contribution in [3.05, 3.63) is 36.4 Å². The van der Waals surface area contributed by atoms with E-state index in [0.29, 0.717) is 19.1 Å². The molecule has 0 radical (unpaired) electrons. The molecule has 1 aliphatic heterocycles. The van der Waals surface area contributed by atoms with Crippen LogP contribution in [0.2, 0.25) is 0 Å². The first-order valence-corrected chi connectivity index (χ1v) is 10.3. The molecule has 3 rings (SSSR count). The predicted octanol–water partition coefficient (Wildman–Crippen LogP) is 2.58. The summed E-state index contributed by atoms with van der Waals surface area (Å²) >= 11 is 0. The molecule has 1 atom stereocenters. The molecule has 1 amide bonds. The van der Waals surface area contributed by atoms with E-state index in [1.165, 1.54) is 0 Å². The number of amides is 1. The van der Waals surface area contributed by atoms with E-state index in [9.17, 15) is 4.79 Å². The number of anilines is 1. The largest absolute Gasteiger partial charge is 0.497 e. The number of aromatic nitrogens is 2. The second-order valence-corrected chi connectivity index (χ2v) is 7.42. The molecular weight excluding hydrogens is 366 g/mol. The van der Waals surface area contributed by atoms with Gasteiger partial charge in [0.1, 0.15) is 5.75 Å². The summed E-state index contributed by atoms with van der Waals surface area (Å²) < 4.78 is 5.28. The Labute approximate surface area is 173 Å². The van der Waals surface area contributed by atoms with Gasteiger partial charge in [-0.2, -0.15) is 0 Å². The fourth-order valence-corrected chi connectivity index (χ4v) is 3.34. The minimum atomic E-state index is 0.173. The van der Waals surface area contributed by atoms with Crippen LogP contribution in [0.25, 0.3) is 11.3 Å². The third kappa shape index (κ3) is 5.67. The number of hydrogen-bond donors (Lipinski definition) is 1. The van der Waals surface area contributed by atoms with Crippen molar-refractivity contribution in [1.29, 1.82) is 0 Å². The smallest absolute Gasteiger partial charge is 0.236 e. The maximum atomic E-state index is 12.5. The average Bonchev–Trinajstić information content (AvgIpc) is 3.03. The summed E-state index contributed by atoms with van der Waals surface area (Å²) in [4.78, 5) is 16.6. The molecule has 0 saturated carbocycles. The third-order valence-electron chi connectivity index (χ3n) is 5.40. The van der Waals surface area contributed by atoms with E-state index in [-0.39, 0.29) is 5.91 Å². The Morgan fingerprint density at radius 2 is 2.03 bits per heavy atom. The van der Waals surface area contributed by atoms with Crippen LogP contribution in [-0.2, 0) is 4.79 Å². The summed E-state index contributed by atoms with van der Waals surface area (Å²) in [6.07, 6.45) is 1.94. The van der Waals surface area contributed by atoms with Crippen molar-refractivity contribution in [2.45, 2.75) is 32.7 Å². The van der Waals surface area contributed by atoms with Gasteiger partial charge >= 0.3 is 0 Å². The first-order chi connectivity index (χ1) is 14.1. The fourth-order valence-electron chi connectivity index (χ4n) is 3.34. The molecule has 1 unspecified atom stereocenters. The van der Waals surface area contributed by atoms with E-state index in [4.69, 9.17) is 4.74 Å². The van der Waals surface area contributed by atoms with Gasteiger partial charge < -0.3 is 19.9 Å². The molecule has 29 heavy (non-hydrogen) atoms. The predicted molar refractivity (Wildman–Crippen MR) is 115 cm³/mol. The SMILES string of the molecule is CCC(C)NCC(=O)N1CCCN(c2ccc(-c3cccc(OC)c3)nn2)CC1. The summed E-state index contributed by atoms with van der Waals surface area (Å²) in [5.74, 6) is 1.82. The molecule has 0 aliphatic carbocycles. The average molecular weight is 398 g/mol. The molecule has 1 fully saturated rings. The van der Waals surface area contributed by atoms with Crippen LogP contribution in [0.4, 0.5) is 5.82 Å². The lowest BCUT2D eigenvalue weighted by molar-refractivity contribution is -0.130. The number of nitrogens with zero attached hydrogens (tertiary/aromatic N) is 4. The highest BCUT2D eigenvalue weighted by Gasteiger charge is 2.20. The summed E-state index contributed by atoms with van der Waals surface area (Å²) in [7, 11) is 1.65. The molecule has 7 nitrogen and oxygen atoms in total. The first-order valence-electron chi connectivity index (χ1n) is 10.3. The molecule has 1 aromatic carbocycles. The van der Waals surface area contributed by atoms with Gasteiger partial charge in [-0.05, 0) is 44.0 Å². The van der Waals surface area contributed by atoms with Gasteiger partial charge in [0.05, 0.1) is 19.3 Å². The fraction of sp³-hybridized carbons (Fsp3) is 0.500. The van der Waals surface area contributed by atoms with E-state index >= 15 is 0 Å². The van der Waals surface area contributed by atoms with Crippen molar-refractivity contribution in [3.8, 4) is 17.0 Å². The van der Waals surface area contributed by atoms with E-state index in [1.807, 2.05) is 41.3 Å². The summed E-state index contributed by atoms with van der Waals surface area (Å²) in [6, 6.07) is 12.2. The van der Waals surface area contributed by atoms with E-state index in [0.717, 1.165) is 55.3 Å². The van der Waals surface area contributed by atoms with Gasteiger partial charge in [0.25, 0.3) is 0 Å². The number of hydrogen-bond acceptors (Lipinski definition) is 6. The Balaban J connectivity index is 1.59. The molecule has 2 heterocycles. The lowest BCUT2D eigenvalue weighted by Crippen LogP contribution is -2.42. The van der Waals surface area contributed by atoms with Crippen LogP contribution in [0.1, 0.15) is 26.7 Å². The molecular formula is C22H31N5O2. The van der Waals surface area contributed by atoms with Crippen molar-refractivity contribution < 1.29 is 9.53 Å². The monoisotopic (exact) mass is 397 g/mol. The van der Waals surface area contributed by atoms with Crippen LogP contribution in [-0.4, -0.2) is 66.9 Å². The second-order valence-electron chi connectivity index (χ2n) is 7.42. The van der Waals surface area contributed by atoms with Crippen LogP contribution in [0.3, 0.4) is 0 Å². The van der Waals surface area contributed by atoms with Crippen LogP contribution >= 0.6 is 0 Å². The Kier molecular flexibility index (Phi) is 7.41. The van der Waals surface area contributed by atoms with E-state index in [1.54, 1.807) is 7.11 Å². The molecule has 2 aromatic rings. The zero-order valence-electron chi connectivity index (χ0n) is 17.6. The number of rotatable bonds is 7. The summed E-state index contributed by atoms with van der Waals surface area (Å²) in [5, 5.41) is 12.1. The number of carbonyl (C=O) groups is 1. The van der Waals surface area contributed by atoms with E-state index < -0.39 is 0 Å². The molecule has 0 spiro atoms. The quantitative estimate of drug-likeness (QED) is 0.774. The van der Waals surface area contributed by atoms with Gasteiger partial charge in [-0.3, -0.25) is 4.79 Å². The lowest BCUT2D eigenvalue weighted by atomic mass is 10.1. The van der Waals surface area contributed by atoms with Gasteiger partial charge in [0.2, 0.25) is 5.91 Å². The molecule has 156 valence electrons. The lowest BCUT2D eigenvalue weighted by Gasteiger charge is -2.23. The number of carbonyl (C=O) groups excluding carboxylic acids is 1. The first kappa shape index (κ1) is 21.0. The second kappa shape index (κ2) is 10.2. The molecule has 1 N–H and O–H groups in total. The van der Waals surface area contributed by atoms with Crippen molar-refractivity contribution in [1.82, 2.24) is 20.4 Å². The van der Waals surface area contributed by atoms with Crippen molar-refractivity contribution in [2.24, 2.45) is 0 Å². The van der Waals surface area contributed by atoms with Gasteiger partial charge in [-0.1, -0.05) is 19.1 Å². The zero-order valence-corrected chi connectivity index (χ0v) is 17.6. The Morgan fingerprint density at radius 1 is 1.17 bits per heavy atom. The van der Waals surface area contributed by atoms with Crippen LogP contribution in [0.5, 0.6) is 5.75 Å². The number of nitrogens with one attached hydrogen (secondary N) is 1. The highest BCUT2D eigenvalue weighted by molar-refractivity contribution is 5.78. The molecule has 0 bridgehead atoms. The highest BCUT2D eigenvalue weighted by atomic mass is 16.5. The Hall–Kier alpha value is -2.67. The Bertz CT molecular complexity index is 796. The number of methoxy groups -OCH3 is 1. The normalized spacial score (nSPS) is 15.7. The molecule has 1 aliphatic rings. The molecule has 1 saturated heterocycles. The highest BCUT2D eigenvalue weighted by Crippen LogP contribution is 2.23. The van der Waals surface area contributed by atoms with Crippen molar-refractivity contribution in [3.63, 3.8) is 0 Å². The minimum Gasteiger partial charge on any atom is -0.497 e. The number of ether oxygens (including phenoxy) is 1. The topological polar surface area (TPSA) is 70.6 Å². The molecule has 7 heteroatoms. The zero-order chi connectivity index (χ0) is 20.6. The standard InChI is InChI=1S/C22H31N5O2/c1-4-17(2)23-16-22(28)27-12-6-11-26(13-14-27)21-10-9-20(24-25-21)18-7-5-8-19(15-18)29-3/h5,7-10,15,17,23H,4,6,11-14,16H2,1-3H3.